The fourth-order valence-corrected chi connectivity index (χ4v) is 2.02. The second-order valence-corrected chi connectivity index (χ2v) is 5.68. The molecule has 2 aromatic rings. The van der Waals surface area contributed by atoms with E-state index in [-0.39, 0.29) is 12.1 Å². The summed E-state index contributed by atoms with van der Waals surface area (Å²) in [7, 11) is 0. The van der Waals surface area contributed by atoms with Crippen molar-refractivity contribution >= 4 is 29.4 Å². The van der Waals surface area contributed by atoms with E-state index in [1.165, 1.54) is 36.4 Å². The third-order valence-electron chi connectivity index (χ3n) is 3.44. The van der Waals surface area contributed by atoms with Crippen LogP contribution in [-0.2, 0) is 19.1 Å². The summed E-state index contributed by atoms with van der Waals surface area (Å²) in [6.07, 6.45) is 0. The van der Waals surface area contributed by atoms with Crippen LogP contribution in [0.5, 0.6) is 0 Å². The molecule has 0 unspecified atom stereocenters. The number of esters is 1. The minimum absolute atomic E-state index is 0.157. The molecule has 0 aromatic heterocycles. The highest BCUT2D eigenvalue weighted by Gasteiger charge is 2.12. The Morgan fingerprint density at radius 3 is 1.97 bits per heavy atom. The molecular formula is C19H17F2N3O5. The number of hydrogen-bond acceptors (Lipinski definition) is 5. The maximum absolute atomic E-state index is 12.8. The third-order valence-corrected chi connectivity index (χ3v) is 3.44. The summed E-state index contributed by atoms with van der Waals surface area (Å²) in [5.41, 5.74) is 0.512. The molecule has 0 aliphatic carbocycles. The van der Waals surface area contributed by atoms with E-state index in [0.29, 0.717) is 5.69 Å². The van der Waals surface area contributed by atoms with Gasteiger partial charge in [0.15, 0.2) is 6.61 Å². The Morgan fingerprint density at radius 1 is 0.759 bits per heavy atom. The minimum atomic E-state index is -0.869. The highest BCUT2D eigenvalue weighted by atomic mass is 19.1. The maximum Gasteiger partial charge on any atom is 0.325 e. The fraction of sp³-hybridized carbons (Fsp3) is 0.158. The number of carbonyl (C=O) groups is 4. The van der Waals surface area contributed by atoms with E-state index >= 15 is 0 Å². The molecule has 0 saturated carbocycles. The number of hydrogen-bond donors (Lipinski definition) is 3. The number of carbonyl (C=O) groups excluding carboxylic acids is 4. The van der Waals surface area contributed by atoms with Gasteiger partial charge in [-0.25, -0.2) is 8.78 Å². The van der Waals surface area contributed by atoms with E-state index in [2.05, 4.69) is 20.7 Å². The average molecular weight is 405 g/mol. The van der Waals surface area contributed by atoms with Gasteiger partial charge in [-0.2, -0.15) is 0 Å². The Bertz CT molecular complexity index is 886. The van der Waals surface area contributed by atoms with E-state index < -0.39 is 48.5 Å². The SMILES string of the molecule is O=C(COC(=O)CNC(=O)c1ccc(F)cc1)NCC(=O)Nc1ccc(F)cc1. The lowest BCUT2D eigenvalue weighted by Gasteiger charge is -2.08. The number of ether oxygens (including phenoxy) is 1. The van der Waals surface area contributed by atoms with Gasteiger partial charge in [-0.05, 0) is 48.5 Å². The van der Waals surface area contributed by atoms with Crippen molar-refractivity contribution in [2.75, 3.05) is 25.0 Å². The Labute approximate surface area is 164 Å². The van der Waals surface area contributed by atoms with E-state index in [0.717, 1.165) is 12.1 Å². The molecule has 0 atom stereocenters. The predicted molar refractivity (Wildman–Crippen MR) is 97.7 cm³/mol. The van der Waals surface area contributed by atoms with Gasteiger partial charge < -0.3 is 20.7 Å². The van der Waals surface area contributed by atoms with Crippen LogP contribution in [0, 0.1) is 11.6 Å². The topological polar surface area (TPSA) is 114 Å². The molecule has 0 aliphatic rings. The van der Waals surface area contributed by atoms with Gasteiger partial charge in [-0.15, -0.1) is 0 Å². The highest BCUT2D eigenvalue weighted by Crippen LogP contribution is 2.07. The van der Waals surface area contributed by atoms with Crippen molar-refractivity contribution in [3.8, 4) is 0 Å². The lowest BCUT2D eigenvalue weighted by atomic mass is 10.2. The van der Waals surface area contributed by atoms with Crippen molar-refractivity contribution < 1.29 is 32.7 Å². The molecule has 2 rings (SSSR count). The molecule has 3 amide bonds. The molecular weight excluding hydrogens is 388 g/mol. The van der Waals surface area contributed by atoms with Crippen LogP contribution in [0.2, 0.25) is 0 Å². The third kappa shape index (κ3) is 7.75. The van der Waals surface area contributed by atoms with E-state index in [1.807, 2.05) is 0 Å². The van der Waals surface area contributed by atoms with Crippen LogP contribution < -0.4 is 16.0 Å². The van der Waals surface area contributed by atoms with Crippen molar-refractivity contribution in [2.24, 2.45) is 0 Å². The standard InChI is InChI=1S/C19H17F2N3O5/c20-13-3-1-12(2-4-13)19(28)23-10-18(27)29-11-17(26)22-9-16(25)24-15-7-5-14(21)6-8-15/h1-8H,9-11H2,(H,22,26)(H,23,28)(H,24,25). The molecule has 0 aliphatic heterocycles. The smallest absolute Gasteiger partial charge is 0.325 e. The molecule has 0 bridgehead atoms. The van der Waals surface area contributed by atoms with Gasteiger partial charge in [0.2, 0.25) is 5.91 Å². The molecule has 8 nitrogen and oxygen atoms in total. The monoisotopic (exact) mass is 405 g/mol. The summed E-state index contributed by atoms with van der Waals surface area (Å²) in [6.45, 7) is -1.52. The summed E-state index contributed by atoms with van der Waals surface area (Å²) in [5, 5.41) is 6.95. The van der Waals surface area contributed by atoms with Crippen LogP contribution >= 0.6 is 0 Å². The van der Waals surface area contributed by atoms with Crippen LogP contribution in [-0.4, -0.2) is 43.4 Å². The van der Waals surface area contributed by atoms with E-state index in [1.54, 1.807) is 0 Å². The van der Waals surface area contributed by atoms with Crippen molar-refractivity contribution in [1.29, 1.82) is 0 Å². The molecule has 10 heteroatoms. The minimum Gasteiger partial charge on any atom is -0.454 e. The van der Waals surface area contributed by atoms with Crippen LogP contribution in [0.1, 0.15) is 10.4 Å². The maximum atomic E-state index is 12.8. The van der Waals surface area contributed by atoms with Crippen molar-refractivity contribution in [2.45, 2.75) is 0 Å². The molecule has 0 radical (unpaired) electrons. The van der Waals surface area contributed by atoms with Crippen molar-refractivity contribution in [3.63, 3.8) is 0 Å². The molecule has 0 fully saturated rings. The summed E-state index contributed by atoms with van der Waals surface area (Å²) >= 11 is 0. The lowest BCUT2D eigenvalue weighted by molar-refractivity contribution is -0.147. The largest absolute Gasteiger partial charge is 0.454 e. The van der Waals surface area contributed by atoms with Gasteiger partial charge >= 0.3 is 5.97 Å². The number of nitrogens with one attached hydrogen (secondary N) is 3. The first-order valence-electron chi connectivity index (χ1n) is 8.35. The van der Waals surface area contributed by atoms with Gasteiger partial charge in [0, 0.05) is 11.3 Å². The zero-order valence-electron chi connectivity index (χ0n) is 15.0. The number of anilines is 1. The molecule has 2 aromatic carbocycles. The van der Waals surface area contributed by atoms with Crippen molar-refractivity contribution in [3.05, 3.63) is 65.7 Å². The summed E-state index contributed by atoms with van der Waals surface area (Å²) in [4.78, 5) is 46.6. The van der Waals surface area contributed by atoms with Gasteiger partial charge in [-0.1, -0.05) is 0 Å². The first-order chi connectivity index (χ1) is 13.8. The predicted octanol–water partition coefficient (Wildman–Crippen LogP) is 0.993. The molecule has 0 spiro atoms. The first-order valence-corrected chi connectivity index (χ1v) is 8.35. The number of benzene rings is 2. The average Bonchev–Trinajstić information content (AvgIpc) is 2.71. The van der Waals surface area contributed by atoms with Gasteiger partial charge in [0.05, 0.1) is 6.54 Å². The Morgan fingerprint density at radius 2 is 1.34 bits per heavy atom. The number of halogens is 2. The number of rotatable bonds is 8. The quantitative estimate of drug-likeness (QED) is 0.567. The Balaban J connectivity index is 1.63. The van der Waals surface area contributed by atoms with Gasteiger partial charge in [0.1, 0.15) is 18.2 Å². The van der Waals surface area contributed by atoms with Crippen LogP contribution in [0.4, 0.5) is 14.5 Å². The zero-order valence-corrected chi connectivity index (χ0v) is 15.0. The van der Waals surface area contributed by atoms with E-state index in [9.17, 15) is 28.0 Å². The first kappa shape index (κ1) is 21.5. The second kappa shape index (κ2) is 10.5. The normalized spacial score (nSPS) is 10.0. The van der Waals surface area contributed by atoms with E-state index in [4.69, 9.17) is 0 Å². The van der Waals surface area contributed by atoms with Crippen LogP contribution in [0.3, 0.4) is 0 Å². The molecule has 29 heavy (non-hydrogen) atoms. The second-order valence-electron chi connectivity index (χ2n) is 5.68. The summed E-state index contributed by atoms with van der Waals surface area (Å²) in [6, 6.07) is 9.76. The Kier molecular flexibility index (Phi) is 7.78. The molecule has 152 valence electrons. The number of amides is 3. The van der Waals surface area contributed by atoms with Crippen LogP contribution in [0.25, 0.3) is 0 Å². The summed E-state index contributed by atoms with van der Waals surface area (Å²) < 4.78 is 30.2. The van der Waals surface area contributed by atoms with Gasteiger partial charge in [0.25, 0.3) is 11.8 Å². The Hall–Kier alpha value is -3.82. The molecule has 0 saturated heterocycles. The highest BCUT2D eigenvalue weighted by molar-refractivity contribution is 5.96. The molecule has 3 N–H and O–H groups in total. The summed E-state index contributed by atoms with van der Waals surface area (Å²) in [5.74, 6) is -3.71. The van der Waals surface area contributed by atoms with Crippen LogP contribution in [0.15, 0.2) is 48.5 Å². The lowest BCUT2D eigenvalue weighted by Crippen LogP contribution is -2.37. The van der Waals surface area contributed by atoms with Crippen molar-refractivity contribution in [1.82, 2.24) is 10.6 Å². The fourth-order valence-electron chi connectivity index (χ4n) is 2.02. The van der Waals surface area contributed by atoms with Gasteiger partial charge in [-0.3, -0.25) is 19.2 Å². The zero-order chi connectivity index (χ0) is 21.2. The molecule has 0 heterocycles.